The predicted molar refractivity (Wildman–Crippen MR) is 78.0 cm³/mol. The van der Waals surface area contributed by atoms with E-state index in [0.29, 0.717) is 22.2 Å². The summed E-state index contributed by atoms with van der Waals surface area (Å²) >= 11 is 5.93. The van der Waals surface area contributed by atoms with Crippen molar-refractivity contribution in [2.45, 2.75) is 13.0 Å². The van der Waals surface area contributed by atoms with Crippen LogP contribution >= 0.6 is 11.6 Å². The number of nitrogens with zero attached hydrogens (tertiary/aromatic N) is 3. The van der Waals surface area contributed by atoms with Crippen LogP contribution < -0.4 is 5.32 Å². The maximum atomic E-state index is 12.2. The number of benzene rings is 1. The molecule has 3 rings (SSSR count). The molecule has 1 aliphatic heterocycles. The Balaban J connectivity index is 2.17. The summed E-state index contributed by atoms with van der Waals surface area (Å²) in [5, 5.41) is 7.90. The van der Waals surface area contributed by atoms with Gasteiger partial charge in [0, 0.05) is 10.7 Å². The third-order valence-electron chi connectivity index (χ3n) is 3.39. The minimum Gasteiger partial charge on any atom is -0.466 e. The number of nitrogens with one attached hydrogen (secondary N) is 1. The van der Waals surface area contributed by atoms with Crippen LogP contribution in [0.4, 0.5) is 5.95 Å². The standard InChI is InChI=1S/C14H13ClN4O2/c1-8-11(13(20)21-2)12(9-3-5-10(15)6-4-9)19-14(18-8)16-7-17-19/h3-7,12H,1-2H3,(H,16,17,18)/t12-/m0/s1. The highest BCUT2D eigenvalue weighted by Gasteiger charge is 2.33. The molecule has 0 aliphatic carbocycles. The third kappa shape index (κ3) is 2.27. The van der Waals surface area contributed by atoms with E-state index >= 15 is 0 Å². The number of carbonyl (C=O) groups is 1. The summed E-state index contributed by atoms with van der Waals surface area (Å²) in [5.41, 5.74) is 2.08. The zero-order chi connectivity index (χ0) is 15.0. The fourth-order valence-corrected chi connectivity index (χ4v) is 2.54. The van der Waals surface area contributed by atoms with Gasteiger partial charge in [-0.25, -0.2) is 9.48 Å². The Bertz CT molecular complexity index is 721. The summed E-state index contributed by atoms with van der Waals surface area (Å²) in [7, 11) is 1.36. The van der Waals surface area contributed by atoms with Gasteiger partial charge in [0.05, 0.1) is 12.7 Å². The van der Waals surface area contributed by atoms with Crippen molar-refractivity contribution in [3.8, 4) is 0 Å². The minimum atomic E-state index is -0.402. The SMILES string of the molecule is COC(=O)C1=C(C)Nc2ncnn2[C@H]1c1ccc(Cl)cc1. The molecule has 0 fully saturated rings. The number of hydrogen-bond donors (Lipinski definition) is 1. The second kappa shape index (κ2) is 5.21. The van der Waals surface area contributed by atoms with Gasteiger partial charge in [-0.15, -0.1) is 0 Å². The van der Waals surface area contributed by atoms with Gasteiger partial charge in [-0.3, -0.25) is 0 Å². The van der Waals surface area contributed by atoms with E-state index in [1.54, 1.807) is 16.8 Å². The molecule has 0 saturated heterocycles. The zero-order valence-electron chi connectivity index (χ0n) is 11.5. The second-order valence-electron chi connectivity index (χ2n) is 4.64. The molecule has 0 amide bonds. The quantitative estimate of drug-likeness (QED) is 0.863. The number of fused-ring (bicyclic) bond motifs is 1. The Morgan fingerprint density at radius 2 is 2.10 bits per heavy atom. The maximum absolute atomic E-state index is 12.2. The molecule has 1 atom stereocenters. The molecule has 2 heterocycles. The molecule has 7 heteroatoms. The van der Waals surface area contributed by atoms with E-state index < -0.39 is 12.0 Å². The normalized spacial score (nSPS) is 17.2. The van der Waals surface area contributed by atoms with Gasteiger partial charge in [0.15, 0.2) is 0 Å². The summed E-state index contributed by atoms with van der Waals surface area (Å²) < 4.78 is 6.56. The molecule has 21 heavy (non-hydrogen) atoms. The molecule has 1 aromatic carbocycles. The lowest BCUT2D eigenvalue weighted by molar-refractivity contribution is -0.136. The number of aromatic nitrogens is 3. The molecule has 0 bridgehead atoms. The zero-order valence-corrected chi connectivity index (χ0v) is 12.3. The Hall–Kier alpha value is -2.34. The highest BCUT2D eigenvalue weighted by Crippen LogP contribution is 2.35. The number of ether oxygens (including phenoxy) is 1. The van der Waals surface area contributed by atoms with Crippen molar-refractivity contribution < 1.29 is 9.53 Å². The van der Waals surface area contributed by atoms with Crippen LogP contribution in [0.2, 0.25) is 5.02 Å². The number of rotatable bonds is 2. The van der Waals surface area contributed by atoms with Gasteiger partial charge in [-0.1, -0.05) is 23.7 Å². The van der Waals surface area contributed by atoms with Crippen LogP contribution in [0.1, 0.15) is 18.5 Å². The van der Waals surface area contributed by atoms with E-state index in [9.17, 15) is 4.79 Å². The maximum Gasteiger partial charge on any atom is 0.338 e. The molecule has 0 saturated carbocycles. The molecular formula is C14H13ClN4O2. The topological polar surface area (TPSA) is 69.0 Å². The summed E-state index contributed by atoms with van der Waals surface area (Å²) in [5.74, 6) is 0.182. The number of anilines is 1. The number of esters is 1. The molecule has 108 valence electrons. The van der Waals surface area contributed by atoms with Crippen LogP contribution in [-0.2, 0) is 9.53 Å². The second-order valence-corrected chi connectivity index (χ2v) is 5.07. The first-order valence-corrected chi connectivity index (χ1v) is 6.70. The Labute approximate surface area is 126 Å². The fraction of sp³-hybridized carbons (Fsp3) is 0.214. The highest BCUT2D eigenvalue weighted by atomic mass is 35.5. The van der Waals surface area contributed by atoms with Gasteiger partial charge in [0.1, 0.15) is 12.4 Å². The lowest BCUT2D eigenvalue weighted by Crippen LogP contribution is -2.29. The van der Waals surface area contributed by atoms with Crippen LogP contribution in [0.3, 0.4) is 0 Å². The number of hydrogen-bond acceptors (Lipinski definition) is 5. The highest BCUT2D eigenvalue weighted by molar-refractivity contribution is 6.30. The molecule has 0 radical (unpaired) electrons. The number of methoxy groups -OCH3 is 1. The van der Waals surface area contributed by atoms with Crippen LogP contribution in [0.5, 0.6) is 0 Å². The number of allylic oxidation sites excluding steroid dienone is 1. The van der Waals surface area contributed by atoms with Crippen molar-refractivity contribution in [2.24, 2.45) is 0 Å². The Morgan fingerprint density at radius 3 is 2.76 bits per heavy atom. The molecule has 1 aliphatic rings. The van der Waals surface area contributed by atoms with E-state index in [0.717, 1.165) is 5.56 Å². The first kappa shape index (κ1) is 13.6. The molecule has 6 nitrogen and oxygen atoms in total. The average Bonchev–Trinajstić information content (AvgIpc) is 2.94. The van der Waals surface area contributed by atoms with E-state index in [1.807, 2.05) is 19.1 Å². The summed E-state index contributed by atoms with van der Waals surface area (Å²) in [6.45, 7) is 1.81. The van der Waals surface area contributed by atoms with Crippen molar-refractivity contribution in [1.29, 1.82) is 0 Å². The average molecular weight is 305 g/mol. The van der Waals surface area contributed by atoms with Gasteiger partial charge >= 0.3 is 5.97 Å². The van der Waals surface area contributed by atoms with Crippen LogP contribution in [-0.4, -0.2) is 27.8 Å². The lowest BCUT2D eigenvalue weighted by Gasteiger charge is -2.27. The van der Waals surface area contributed by atoms with Gasteiger partial charge < -0.3 is 10.1 Å². The van der Waals surface area contributed by atoms with E-state index in [-0.39, 0.29) is 0 Å². The van der Waals surface area contributed by atoms with Crippen molar-refractivity contribution in [1.82, 2.24) is 14.8 Å². The lowest BCUT2D eigenvalue weighted by atomic mass is 9.96. The van der Waals surface area contributed by atoms with Crippen LogP contribution in [0.25, 0.3) is 0 Å². The van der Waals surface area contributed by atoms with Crippen molar-refractivity contribution in [3.63, 3.8) is 0 Å². The van der Waals surface area contributed by atoms with Crippen molar-refractivity contribution in [2.75, 3.05) is 12.4 Å². The Morgan fingerprint density at radius 1 is 1.38 bits per heavy atom. The van der Waals surface area contributed by atoms with E-state index in [2.05, 4.69) is 15.4 Å². The fourth-order valence-electron chi connectivity index (χ4n) is 2.42. The first-order chi connectivity index (χ1) is 10.1. The molecular weight excluding hydrogens is 292 g/mol. The molecule has 0 unspecified atom stereocenters. The molecule has 1 aromatic heterocycles. The largest absolute Gasteiger partial charge is 0.466 e. The van der Waals surface area contributed by atoms with Gasteiger partial charge in [-0.05, 0) is 24.6 Å². The molecule has 2 aromatic rings. The Kier molecular flexibility index (Phi) is 3.39. The van der Waals surface area contributed by atoms with Crippen LogP contribution in [0.15, 0.2) is 41.9 Å². The molecule has 0 spiro atoms. The number of carbonyl (C=O) groups excluding carboxylic acids is 1. The van der Waals surface area contributed by atoms with E-state index in [4.69, 9.17) is 16.3 Å². The monoisotopic (exact) mass is 304 g/mol. The predicted octanol–water partition coefficient (Wildman–Crippen LogP) is 2.39. The minimum absolute atomic E-state index is 0.395. The summed E-state index contributed by atoms with van der Waals surface area (Å²) in [6.07, 6.45) is 1.44. The van der Waals surface area contributed by atoms with Gasteiger partial charge in [-0.2, -0.15) is 10.1 Å². The van der Waals surface area contributed by atoms with E-state index in [1.165, 1.54) is 13.4 Å². The number of halogens is 1. The van der Waals surface area contributed by atoms with Crippen molar-refractivity contribution >= 4 is 23.5 Å². The van der Waals surface area contributed by atoms with Crippen LogP contribution in [0, 0.1) is 0 Å². The molecule has 1 N–H and O–H groups in total. The first-order valence-electron chi connectivity index (χ1n) is 6.33. The van der Waals surface area contributed by atoms with Crippen molar-refractivity contribution in [3.05, 3.63) is 52.4 Å². The smallest absolute Gasteiger partial charge is 0.338 e. The summed E-state index contributed by atoms with van der Waals surface area (Å²) in [6, 6.07) is 6.88. The van der Waals surface area contributed by atoms with Gasteiger partial charge in [0.25, 0.3) is 0 Å². The van der Waals surface area contributed by atoms with Gasteiger partial charge in [0.2, 0.25) is 5.95 Å². The third-order valence-corrected chi connectivity index (χ3v) is 3.64. The summed E-state index contributed by atoms with van der Waals surface area (Å²) in [4.78, 5) is 16.3.